The highest BCUT2D eigenvalue weighted by molar-refractivity contribution is 7.89. The quantitative estimate of drug-likeness (QED) is 0.840. The molecule has 2 heterocycles. The summed E-state index contributed by atoms with van der Waals surface area (Å²) < 4.78 is 29.2. The van der Waals surface area contributed by atoms with Crippen LogP contribution in [0.15, 0.2) is 41.6 Å². The zero-order valence-corrected chi connectivity index (χ0v) is 15.1. The van der Waals surface area contributed by atoms with Crippen molar-refractivity contribution >= 4 is 22.4 Å². The van der Waals surface area contributed by atoms with E-state index in [1.807, 2.05) is 34.9 Å². The van der Waals surface area contributed by atoms with Crippen LogP contribution in [-0.2, 0) is 29.5 Å². The second-order valence-electron chi connectivity index (χ2n) is 5.76. The molecule has 0 spiro atoms. The molecule has 24 heavy (non-hydrogen) atoms. The van der Waals surface area contributed by atoms with Crippen LogP contribution in [0.3, 0.4) is 0 Å². The summed E-state index contributed by atoms with van der Waals surface area (Å²) in [6.07, 6.45) is 4.63. The van der Waals surface area contributed by atoms with Gasteiger partial charge in [0.05, 0.1) is 0 Å². The molecule has 0 saturated heterocycles. The van der Waals surface area contributed by atoms with Gasteiger partial charge in [0.2, 0.25) is 0 Å². The van der Waals surface area contributed by atoms with Gasteiger partial charge in [0.25, 0.3) is 10.0 Å². The SMILES string of the molecule is Cl.NCCN(Cc1ccccc1)S(=O)(=O)c1cn2c(n1)CCCC2. The molecule has 0 fully saturated rings. The number of hydrogen-bond acceptors (Lipinski definition) is 4. The van der Waals surface area contributed by atoms with Gasteiger partial charge in [0, 0.05) is 38.8 Å². The van der Waals surface area contributed by atoms with Gasteiger partial charge < -0.3 is 10.3 Å². The molecular formula is C16H23ClN4O2S. The Morgan fingerprint density at radius 1 is 1.21 bits per heavy atom. The van der Waals surface area contributed by atoms with Gasteiger partial charge in [-0.3, -0.25) is 0 Å². The first-order chi connectivity index (χ1) is 11.1. The summed E-state index contributed by atoms with van der Waals surface area (Å²) in [4.78, 5) is 4.36. The molecule has 2 aromatic rings. The van der Waals surface area contributed by atoms with E-state index in [1.165, 1.54) is 4.31 Å². The summed E-state index contributed by atoms with van der Waals surface area (Å²) in [6.45, 7) is 1.70. The summed E-state index contributed by atoms with van der Waals surface area (Å²) >= 11 is 0. The van der Waals surface area contributed by atoms with Crippen LogP contribution in [0.5, 0.6) is 0 Å². The van der Waals surface area contributed by atoms with E-state index in [0.717, 1.165) is 37.2 Å². The molecule has 6 nitrogen and oxygen atoms in total. The van der Waals surface area contributed by atoms with Crippen LogP contribution in [0.25, 0.3) is 0 Å². The fourth-order valence-corrected chi connectivity index (χ4v) is 4.27. The molecule has 1 aromatic carbocycles. The van der Waals surface area contributed by atoms with Crippen LogP contribution >= 0.6 is 12.4 Å². The Bertz CT molecular complexity index is 738. The van der Waals surface area contributed by atoms with Crippen LogP contribution in [-0.4, -0.2) is 35.4 Å². The van der Waals surface area contributed by atoms with Crippen molar-refractivity contribution in [3.63, 3.8) is 0 Å². The Labute approximate surface area is 149 Å². The van der Waals surface area contributed by atoms with E-state index in [9.17, 15) is 8.42 Å². The average molecular weight is 371 g/mol. The molecule has 0 aliphatic carbocycles. The minimum absolute atomic E-state index is 0. The molecule has 132 valence electrons. The number of fused-ring (bicyclic) bond motifs is 1. The summed E-state index contributed by atoms with van der Waals surface area (Å²) in [6, 6.07) is 9.54. The summed E-state index contributed by atoms with van der Waals surface area (Å²) in [5.41, 5.74) is 6.56. The summed E-state index contributed by atoms with van der Waals surface area (Å²) in [5.74, 6) is 0.863. The summed E-state index contributed by atoms with van der Waals surface area (Å²) in [5, 5.41) is 0.138. The van der Waals surface area contributed by atoms with E-state index in [4.69, 9.17) is 5.73 Å². The molecule has 0 amide bonds. The van der Waals surface area contributed by atoms with Gasteiger partial charge in [0.1, 0.15) is 5.82 Å². The smallest absolute Gasteiger partial charge is 0.262 e. The molecule has 2 N–H and O–H groups in total. The number of halogens is 1. The topological polar surface area (TPSA) is 81.2 Å². The van der Waals surface area contributed by atoms with E-state index in [-0.39, 0.29) is 30.5 Å². The predicted octanol–water partition coefficient (Wildman–Crippen LogP) is 1.79. The number of hydrogen-bond donors (Lipinski definition) is 1. The van der Waals surface area contributed by atoms with Gasteiger partial charge in [0.15, 0.2) is 5.03 Å². The lowest BCUT2D eigenvalue weighted by Gasteiger charge is -2.20. The number of aromatic nitrogens is 2. The molecule has 0 unspecified atom stereocenters. The maximum absolute atomic E-state index is 12.9. The van der Waals surface area contributed by atoms with Crippen molar-refractivity contribution in [3.05, 3.63) is 47.9 Å². The van der Waals surface area contributed by atoms with Gasteiger partial charge in [-0.05, 0) is 18.4 Å². The normalized spacial score (nSPS) is 14.2. The minimum Gasteiger partial charge on any atom is -0.333 e. The Morgan fingerprint density at radius 3 is 2.62 bits per heavy atom. The minimum atomic E-state index is -3.63. The molecule has 8 heteroatoms. The van der Waals surface area contributed by atoms with Gasteiger partial charge in [-0.25, -0.2) is 13.4 Å². The molecule has 0 saturated carbocycles. The van der Waals surface area contributed by atoms with Crippen molar-refractivity contribution in [3.8, 4) is 0 Å². The van der Waals surface area contributed by atoms with Gasteiger partial charge >= 0.3 is 0 Å². The Kier molecular flexibility index (Phi) is 6.40. The van der Waals surface area contributed by atoms with Crippen LogP contribution in [0, 0.1) is 0 Å². The molecule has 1 aromatic heterocycles. The summed E-state index contributed by atoms with van der Waals surface area (Å²) in [7, 11) is -3.63. The molecule has 3 rings (SSSR count). The van der Waals surface area contributed by atoms with Gasteiger partial charge in [-0.1, -0.05) is 30.3 Å². The maximum atomic E-state index is 12.9. The van der Waals surface area contributed by atoms with E-state index in [0.29, 0.717) is 6.54 Å². The average Bonchev–Trinajstić information content (AvgIpc) is 3.00. The predicted molar refractivity (Wildman–Crippen MR) is 95.5 cm³/mol. The van der Waals surface area contributed by atoms with Crippen molar-refractivity contribution in [2.45, 2.75) is 37.4 Å². The van der Waals surface area contributed by atoms with E-state index in [1.54, 1.807) is 6.20 Å². The fraction of sp³-hybridized carbons (Fsp3) is 0.438. The van der Waals surface area contributed by atoms with Crippen molar-refractivity contribution in [1.29, 1.82) is 0 Å². The zero-order valence-electron chi connectivity index (χ0n) is 13.5. The van der Waals surface area contributed by atoms with Gasteiger partial charge in [-0.2, -0.15) is 4.31 Å². The third-order valence-corrected chi connectivity index (χ3v) is 5.79. The first-order valence-electron chi connectivity index (χ1n) is 7.91. The molecule has 0 radical (unpaired) electrons. The third-order valence-electron chi connectivity index (χ3n) is 4.07. The van der Waals surface area contributed by atoms with Crippen molar-refractivity contribution in [1.82, 2.24) is 13.9 Å². The lowest BCUT2D eigenvalue weighted by Crippen LogP contribution is -2.35. The highest BCUT2D eigenvalue weighted by Crippen LogP contribution is 2.21. The Balaban J connectivity index is 0.00000208. The van der Waals surface area contributed by atoms with E-state index >= 15 is 0 Å². The van der Waals surface area contributed by atoms with Crippen molar-refractivity contribution in [2.75, 3.05) is 13.1 Å². The molecular weight excluding hydrogens is 348 g/mol. The number of benzene rings is 1. The number of sulfonamides is 1. The number of nitrogens with zero attached hydrogens (tertiary/aromatic N) is 3. The van der Waals surface area contributed by atoms with Crippen LogP contribution in [0.2, 0.25) is 0 Å². The number of aryl methyl sites for hydroxylation is 2. The third kappa shape index (κ3) is 3.97. The van der Waals surface area contributed by atoms with Crippen molar-refractivity contribution in [2.24, 2.45) is 5.73 Å². The van der Waals surface area contributed by atoms with Crippen LogP contribution < -0.4 is 5.73 Å². The van der Waals surface area contributed by atoms with Crippen LogP contribution in [0.1, 0.15) is 24.2 Å². The molecule has 1 aliphatic heterocycles. The first kappa shape index (κ1) is 18.9. The highest BCUT2D eigenvalue weighted by atomic mass is 35.5. The lowest BCUT2D eigenvalue weighted by molar-refractivity contribution is 0.412. The second-order valence-corrected chi connectivity index (χ2v) is 7.64. The molecule has 0 atom stereocenters. The lowest BCUT2D eigenvalue weighted by atomic mass is 10.2. The number of nitrogens with two attached hydrogens (primary N) is 1. The highest BCUT2D eigenvalue weighted by Gasteiger charge is 2.28. The second kappa shape index (κ2) is 8.11. The number of rotatable bonds is 6. The van der Waals surface area contributed by atoms with Crippen molar-refractivity contribution < 1.29 is 8.42 Å². The van der Waals surface area contributed by atoms with E-state index in [2.05, 4.69) is 4.98 Å². The van der Waals surface area contributed by atoms with E-state index < -0.39 is 10.0 Å². The molecule has 1 aliphatic rings. The Hall–Kier alpha value is -1.41. The monoisotopic (exact) mass is 370 g/mol. The van der Waals surface area contributed by atoms with Gasteiger partial charge in [-0.15, -0.1) is 12.4 Å². The maximum Gasteiger partial charge on any atom is 0.262 e. The Morgan fingerprint density at radius 2 is 1.96 bits per heavy atom. The standard InChI is InChI=1S/C16H22N4O2S.ClH/c17-9-11-20(12-14-6-2-1-3-7-14)23(21,22)16-13-19-10-5-4-8-15(19)18-16;/h1-3,6-7,13H,4-5,8-12,17H2;1H. The first-order valence-corrected chi connectivity index (χ1v) is 9.35. The fourth-order valence-electron chi connectivity index (χ4n) is 2.86. The van der Waals surface area contributed by atoms with Crippen LogP contribution in [0.4, 0.5) is 0 Å². The number of imidazole rings is 1. The molecule has 0 bridgehead atoms. The largest absolute Gasteiger partial charge is 0.333 e. The zero-order chi connectivity index (χ0) is 16.3.